The second kappa shape index (κ2) is 5.16. The third kappa shape index (κ3) is 2.40. The van der Waals surface area contributed by atoms with Gasteiger partial charge < -0.3 is 14.8 Å². The molecule has 0 bridgehead atoms. The van der Waals surface area contributed by atoms with Crippen LogP contribution in [0.1, 0.15) is 19.3 Å². The number of aromatic amines is 1. The summed E-state index contributed by atoms with van der Waals surface area (Å²) in [6, 6.07) is 0. The van der Waals surface area contributed by atoms with E-state index in [-0.39, 0.29) is 11.1 Å². The molecule has 1 heterocycles. The maximum Gasteiger partial charge on any atom is 0.266 e. The minimum Gasteiger partial charge on any atom is -0.357 e. The zero-order valence-electron chi connectivity index (χ0n) is 11.0. The molecule has 6 heteroatoms. The first kappa shape index (κ1) is 13.8. The van der Waals surface area contributed by atoms with Crippen molar-refractivity contribution in [1.29, 1.82) is 0 Å². The van der Waals surface area contributed by atoms with E-state index in [4.69, 9.17) is 0 Å². The lowest BCUT2D eigenvalue weighted by Crippen LogP contribution is -2.57. The summed E-state index contributed by atoms with van der Waals surface area (Å²) >= 11 is 2.06. The van der Waals surface area contributed by atoms with Gasteiger partial charge in [-0.05, 0) is 55.9 Å². The lowest BCUT2D eigenvalue weighted by molar-refractivity contribution is 0.0681. The van der Waals surface area contributed by atoms with Gasteiger partial charge in [-0.2, -0.15) is 0 Å². The molecule has 1 fully saturated rings. The molecule has 0 atom stereocenters. The number of hydrogen-bond acceptors (Lipinski definition) is 4. The van der Waals surface area contributed by atoms with Crippen LogP contribution in [0, 0.1) is 3.57 Å². The Morgan fingerprint density at radius 2 is 2.11 bits per heavy atom. The molecule has 1 aliphatic carbocycles. The fraction of sp³-hybridized carbons (Fsp3) is 0.667. The van der Waals surface area contributed by atoms with Gasteiger partial charge in [-0.3, -0.25) is 4.79 Å². The van der Waals surface area contributed by atoms with Gasteiger partial charge in [0.25, 0.3) is 5.56 Å². The van der Waals surface area contributed by atoms with Crippen molar-refractivity contribution in [2.75, 3.05) is 32.6 Å². The normalized spacial score (nSPS) is 17.6. The number of anilines is 1. The van der Waals surface area contributed by atoms with E-state index in [9.17, 15) is 4.79 Å². The summed E-state index contributed by atoms with van der Waals surface area (Å²) in [5.41, 5.74) is 0.169. The van der Waals surface area contributed by atoms with Crippen molar-refractivity contribution in [3.63, 3.8) is 0 Å². The molecule has 0 saturated heterocycles. The highest BCUT2D eigenvalue weighted by Gasteiger charge is 2.40. The monoisotopic (exact) mass is 362 g/mol. The Bertz CT molecular complexity index is 481. The van der Waals surface area contributed by atoms with Gasteiger partial charge in [0.1, 0.15) is 9.39 Å². The van der Waals surface area contributed by atoms with Gasteiger partial charge in [0.2, 0.25) is 0 Å². The standard InChI is InChI=1S/C12H19IN4O/c1-16(2)12(5-4-6-12)7-17(3)10-9(13)11(18)15-8-14-10/h8H,4-7H2,1-3H3,(H,14,15,18). The molecule has 1 N–H and O–H groups in total. The SMILES string of the molecule is CN(CC1(N(C)C)CCC1)c1nc[nH]c(=O)c1I. The van der Waals surface area contributed by atoms with E-state index in [1.54, 1.807) is 0 Å². The number of nitrogens with one attached hydrogen (secondary N) is 1. The van der Waals surface area contributed by atoms with Crippen LogP contribution in [0.4, 0.5) is 5.82 Å². The van der Waals surface area contributed by atoms with Crippen LogP contribution in [0.25, 0.3) is 0 Å². The highest BCUT2D eigenvalue weighted by molar-refractivity contribution is 14.1. The molecule has 1 aromatic heterocycles. The Balaban J connectivity index is 2.19. The molecule has 0 spiro atoms. The third-order valence-corrected chi connectivity index (χ3v) is 4.88. The lowest BCUT2D eigenvalue weighted by Gasteiger charge is -2.49. The highest BCUT2D eigenvalue weighted by atomic mass is 127. The fourth-order valence-electron chi connectivity index (χ4n) is 2.49. The molecule has 0 aromatic carbocycles. The van der Waals surface area contributed by atoms with Crippen molar-refractivity contribution in [2.45, 2.75) is 24.8 Å². The summed E-state index contributed by atoms with van der Waals surface area (Å²) in [6.07, 6.45) is 5.18. The van der Waals surface area contributed by atoms with E-state index < -0.39 is 0 Å². The average molecular weight is 362 g/mol. The third-order valence-electron chi connectivity index (χ3n) is 3.90. The summed E-state index contributed by atoms with van der Waals surface area (Å²) in [6.45, 7) is 0.909. The van der Waals surface area contributed by atoms with E-state index in [1.165, 1.54) is 25.6 Å². The smallest absolute Gasteiger partial charge is 0.266 e. The van der Waals surface area contributed by atoms with Crippen molar-refractivity contribution < 1.29 is 0 Å². The largest absolute Gasteiger partial charge is 0.357 e. The van der Waals surface area contributed by atoms with Gasteiger partial charge in [0, 0.05) is 19.1 Å². The number of aromatic nitrogens is 2. The van der Waals surface area contributed by atoms with Crippen molar-refractivity contribution in [1.82, 2.24) is 14.9 Å². The first-order valence-corrected chi connectivity index (χ1v) is 7.16. The van der Waals surface area contributed by atoms with E-state index in [0.717, 1.165) is 12.4 Å². The van der Waals surface area contributed by atoms with Gasteiger partial charge in [-0.1, -0.05) is 0 Å². The lowest BCUT2D eigenvalue weighted by atomic mass is 9.75. The number of nitrogens with zero attached hydrogens (tertiary/aromatic N) is 3. The zero-order chi connectivity index (χ0) is 13.3. The molecule has 0 radical (unpaired) electrons. The fourth-order valence-corrected chi connectivity index (χ4v) is 3.19. The first-order valence-electron chi connectivity index (χ1n) is 6.08. The maximum atomic E-state index is 11.6. The number of halogens is 1. The van der Waals surface area contributed by atoms with Crippen LogP contribution in [0.15, 0.2) is 11.1 Å². The molecule has 0 aliphatic heterocycles. The predicted octanol–water partition coefficient (Wildman–Crippen LogP) is 1.29. The quantitative estimate of drug-likeness (QED) is 0.821. The van der Waals surface area contributed by atoms with Crippen molar-refractivity contribution in [2.24, 2.45) is 0 Å². The molecular weight excluding hydrogens is 343 g/mol. The molecule has 0 unspecified atom stereocenters. The van der Waals surface area contributed by atoms with Crippen molar-refractivity contribution >= 4 is 28.4 Å². The second-order valence-corrected chi connectivity index (χ2v) is 6.28. The molecule has 2 rings (SSSR count). The molecule has 1 saturated carbocycles. The van der Waals surface area contributed by atoms with Crippen LogP contribution in [-0.2, 0) is 0 Å². The van der Waals surface area contributed by atoms with Crippen molar-refractivity contribution in [3.8, 4) is 0 Å². The summed E-state index contributed by atoms with van der Waals surface area (Å²) < 4.78 is 0.658. The summed E-state index contributed by atoms with van der Waals surface area (Å²) in [5, 5.41) is 0. The summed E-state index contributed by atoms with van der Waals surface area (Å²) in [7, 11) is 6.26. The Hall–Kier alpha value is -0.630. The molecule has 1 aromatic rings. The Labute approximate surface area is 121 Å². The van der Waals surface area contributed by atoms with Gasteiger partial charge in [0.15, 0.2) is 0 Å². The van der Waals surface area contributed by atoms with Crippen LogP contribution in [0.3, 0.4) is 0 Å². The summed E-state index contributed by atoms with van der Waals surface area (Å²) in [5.74, 6) is 0.771. The minimum absolute atomic E-state index is 0.0695. The van der Waals surface area contributed by atoms with Gasteiger partial charge in [0.05, 0.1) is 6.33 Å². The van der Waals surface area contributed by atoms with Crippen LogP contribution in [0.2, 0.25) is 0 Å². The van der Waals surface area contributed by atoms with E-state index in [0.29, 0.717) is 3.57 Å². The molecule has 1 aliphatic rings. The zero-order valence-corrected chi connectivity index (χ0v) is 13.2. The number of hydrogen-bond donors (Lipinski definition) is 1. The average Bonchev–Trinajstić information content (AvgIpc) is 2.26. The van der Waals surface area contributed by atoms with Gasteiger partial charge in [-0.15, -0.1) is 0 Å². The number of H-pyrrole nitrogens is 1. The van der Waals surface area contributed by atoms with Crippen LogP contribution in [0.5, 0.6) is 0 Å². The van der Waals surface area contributed by atoms with Gasteiger partial charge in [-0.25, -0.2) is 4.98 Å². The predicted molar refractivity (Wildman–Crippen MR) is 81.1 cm³/mol. The Kier molecular flexibility index (Phi) is 3.96. The number of rotatable bonds is 4. The molecule has 0 amide bonds. The highest BCUT2D eigenvalue weighted by Crippen LogP contribution is 2.37. The minimum atomic E-state index is -0.0695. The molecular formula is C12H19IN4O. The Morgan fingerprint density at radius 1 is 1.44 bits per heavy atom. The first-order chi connectivity index (χ1) is 8.46. The second-order valence-electron chi connectivity index (χ2n) is 5.20. The number of likely N-dealkylation sites (N-methyl/N-ethyl adjacent to an activating group) is 2. The topological polar surface area (TPSA) is 52.2 Å². The van der Waals surface area contributed by atoms with Crippen molar-refractivity contribution in [3.05, 3.63) is 20.3 Å². The molecule has 5 nitrogen and oxygen atoms in total. The van der Waals surface area contributed by atoms with Crippen LogP contribution in [-0.4, -0.2) is 48.1 Å². The van der Waals surface area contributed by atoms with Crippen LogP contribution >= 0.6 is 22.6 Å². The summed E-state index contributed by atoms with van der Waals surface area (Å²) in [4.78, 5) is 22.9. The van der Waals surface area contributed by atoms with Crippen LogP contribution < -0.4 is 10.5 Å². The molecule has 100 valence electrons. The van der Waals surface area contributed by atoms with E-state index in [1.807, 2.05) is 7.05 Å². The van der Waals surface area contributed by atoms with Gasteiger partial charge >= 0.3 is 0 Å². The maximum absolute atomic E-state index is 11.6. The molecule has 18 heavy (non-hydrogen) atoms. The van der Waals surface area contributed by atoms with E-state index >= 15 is 0 Å². The van der Waals surface area contributed by atoms with E-state index in [2.05, 4.69) is 56.5 Å². The Morgan fingerprint density at radius 3 is 2.61 bits per heavy atom.